The lowest BCUT2D eigenvalue weighted by Crippen LogP contribution is -2.35. The molecule has 4 rings (SSSR count). The van der Waals surface area contributed by atoms with Crippen LogP contribution < -0.4 is 15.4 Å². The number of nitrogens with zero attached hydrogens (tertiary/aromatic N) is 2. The van der Waals surface area contributed by atoms with Crippen LogP contribution in [0.15, 0.2) is 78.7 Å². The largest absolute Gasteiger partial charge is 0.497 e. The van der Waals surface area contributed by atoms with Gasteiger partial charge in [-0.2, -0.15) is 0 Å². The number of aliphatic hydroxyl groups is 1. The van der Waals surface area contributed by atoms with Gasteiger partial charge in [0, 0.05) is 31.5 Å². The number of ether oxygens (including phenoxy) is 3. The van der Waals surface area contributed by atoms with Gasteiger partial charge in [-0.05, 0) is 41.0 Å². The molecule has 0 saturated heterocycles. The predicted molar refractivity (Wildman–Crippen MR) is 143 cm³/mol. The molecule has 11 heteroatoms. The van der Waals surface area contributed by atoms with Gasteiger partial charge in [0.25, 0.3) is 11.6 Å². The monoisotopic (exact) mass is 534 g/mol. The molecule has 2 aromatic carbocycles. The molecule has 1 aromatic heterocycles. The molecule has 2 atom stereocenters. The molecule has 0 saturated carbocycles. The van der Waals surface area contributed by atoms with E-state index < -0.39 is 11.2 Å². The fourth-order valence-electron chi connectivity index (χ4n) is 3.98. The van der Waals surface area contributed by atoms with Gasteiger partial charge in [0.1, 0.15) is 17.8 Å². The number of carbonyl (C=O) groups is 1. The number of allylic oxidation sites excluding steroid dienone is 1. The highest BCUT2D eigenvalue weighted by atomic mass is 16.7. The van der Waals surface area contributed by atoms with Crippen molar-refractivity contribution in [3.63, 3.8) is 0 Å². The molecule has 11 nitrogen and oxygen atoms in total. The van der Waals surface area contributed by atoms with E-state index in [1.54, 1.807) is 13.2 Å². The first-order valence-corrected chi connectivity index (χ1v) is 12.4. The lowest BCUT2D eigenvalue weighted by molar-refractivity contribution is -0.385. The zero-order chi connectivity index (χ0) is 27.6. The van der Waals surface area contributed by atoms with Crippen molar-refractivity contribution in [2.75, 3.05) is 25.5 Å². The summed E-state index contributed by atoms with van der Waals surface area (Å²) in [6.07, 6.45) is 2.83. The van der Waals surface area contributed by atoms with Crippen LogP contribution >= 0.6 is 0 Å². The number of aromatic nitrogens is 1. The first kappa shape index (κ1) is 27.6. The van der Waals surface area contributed by atoms with Gasteiger partial charge in [-0.3, -0.25) is 14.9 Å². The number of aliphatic hydroxyl groups excluding tert-OH is 1. The number of carbonyl (C=O) groups excluding carboxylic acids is 1. The van der Waals surface area contributed by atoms with Crippen LogP contribution in [0.3, 0.4) is 0 Å². The summed E-state index contributed by atoms with van der Waals surface area (Å²) < 4.78 is 17.2. The Morgan fingerprint density at radius 1 is 1.10 bits per heavy atom. The molecule has 39 heavy (non-hydrogen) atoms. The molecule has 3 N–H and O–H groups in total. The number of nitro groups is 1. The molecule has 0 fully saturated rings. The van der Waals surface area contributed by atoms with E-state index in [1.165, 1.54) is 18.3 Å². The van der Waals surface area contributed by atoms with Crippen molar-refractivity contribution in [3.05, 3.63) is 106 Å². The van der Waals surface area contributed by atoms with Gasteiger partial charge in [-0.1, -0.05) is 36.4 Å². The number of nitrogens with one attached hydrogen (secondary N) is 2. The van der Waals surface area contributed by atoms with Crippen molar-refractivity contribution in [1.29, 1.82) is 0 Å². The average molecular weight is 535 g/mol. The maximum atomic E-state index is 13.0. The quantitative estimate of drug-likeness (QED) is 0.180. The molecule has 1 aliphatic rings. The van der Waals surface area contributed by atoms with Crippen molar-refractivity contribution in [2.24, 2.45) is 0 Å². The Labute approximate surface area is 225 Å². The molecule has 1 aliphatic heterocycles. The van der Waals surface area contributed by atoms with E-state index in [0.717, 1.165) is 22.4 Å². The number of hydrogen-bond acceptors (Lipinski definition) is 9. The van der Waals surface area contributed by atoms with Gasteiger partial charge in [0.15, 0.2) is 5.76 Å². The second-order valence-electron chi connectivity index (χ2n) is 8.82. The fraction of sp³-hybridized carbons (Fsp3) is 0.286. The predicted octanol–water partition coefficient (Wildman–Crippen LogP) is 3.65. The normalized spacial score (nSPS) is 16.5. The topological polar surface area (TPSA) is 145 Å². The van der Waals surface area contributed by atoms with Crippen LogP contribution in [0.1, 0.15) is 29.0 Å². The molecular formula is C28H30N4O7. The number of hydrogen-bond donors (Lipinski definition) is 3. The molecule has 2 heterocycles. The first-order chi connectivity index (χ1) is 18.9. The molecular weight excluding hydrogens is 504 g/mol. The SMILES string of the molecule is COc1ccc([C@@H]2C=C(C(=O)NCCNc3ccc([N+](=O)[O-])cn3)O[C@H](OCc3ccc(CO)cc3)C2)cc1. The number of anilines is 1. The van der Waals surface area contributed by atoms with Crippen molar-refractivity contribution in [2.45, 2.75) is 31.8 Å². The maximum absolute atomic E-state index is 13.0. The van der Waals surface area contributed by atoms with Crippen molar-refractivity contribution < 1.29 is 29.0 Å². The summed E-state index contributed by atoms with van der Waals surface area (Å²) >= 11 is 0. The molecule has 0 spiro atoms. The van der Waals surface area contributed by atoms with Crippen LogP contribution in [0, 0.1) is 10.1 Å². The zero-order valence-electron chi connectivity index (χ0n) is 21.4. The second-order valence-corrected chi connectivity index (χ2v) is 8.82. The Kier molecular flexibility index (Phi) is 9.44. The summed E-state index contributed by atoms with van der Waals surface area (Å²) in [5.41, 5.74) is 2.63. The third-order valence-electron chi connectivity index (χ3n) is 6.14. The lowest BCUT2D eigenvalue weighted by atomic mass is 9.93. The lowest BCUT2D eigenvalue weighted by Gasteiger charge is -2.29. The number of amides is 1. The van der Waals surface area contributed by atoms with Gasteiger partial charge in [-0.15, -0.1) is 0 Å². The van der Waals surface area contributed by atoms with E-state index in [2.05, 4.69) is 15.6 Å². The minimum atomic E-state index is -0.650. The van der Waals surface area contributed by atoms with Crippen LogP contribution in [0.4, 0.5) is 11.5 Å². The molecule has 0 unspecified atom stereocenters. The molecule has 0 aliphatic carbocycles. The van der Waals surface area contributed by atoms with Gasteiger partial charge in [0.2, 0.25) is 6.29 Å². The van der Waals surface area contributed by atoms with E-state index >= 15 is 0 Å². The highest BCUT2D eigenvalue weighted by Gasteiger charge is 2.29. The molecule has 3 aromatic rings. The van der Waals surface area contributed by atoms with Crippen molar-refractivity contribution in [3.8, 4) is 5.75 Å². The van der Waals surface area contributed by atoms with Crippen LogP contribution in [0.2, 0.25) is 0 Å². The van der Waals surface area contributed by atoms with Gasteiger partial charge >= 0.3 is 0 Å². The highest BCUT2D eigenvalue weighted by molar-refractivity contribution is 5.91. The van der Waals surface area contributed by atoms with E-state index in [1.807, 2.05) is 48.5 Å². The summed E-state index contributed by atoms with van der Waals surface area (Å²) in [6, 6.07) is 17.9. The van der Waals surface area contributed by atoms with Gasteiger partial charge < -0.3 is 30.0 Å². The van der Waals surface area contributed by atoms with E-state index in [0.29, 0.717) is 18.8 Å². The molecule has 204 valence electrons. The summed E-state index contributed by atoms with van der Waals surface area (Å²) in [6.45, 7) is 0.885. The number of benzene rings is 2. The van der Waals surface area contributed by atoms with Crippen LogP contribution in [-0.2, 0) is 27.5 Å². The molecule has 1 amide bonds. The van der Waals surface area contributed by atoms with E-state index in [9.17, 15) is 20.0 Å². The Bertz CT molecular complexity index is 1280. The van der Waals surface area contributed by atoms with Crippen molar-refractivity contribution in [1.82, 2.24) is 10.3 Å². The summed E-state index contributed by atoms with van der Waals surface area (Å²) in [4.78, 5) is 27.2. The average Bonchev–Trinajstić information content (AvgIpc) is 2.98. The number of pyridine rings is 1. The summed E-state index contributed by atoms with van der Waals surface area (Å²) in [5, 5.41) is 25.8. The van der Waals surface area contributed by atoms with Crippen molar-refractivity contribution >= 4 is 17.4 Å². The summed E-state index contributed by atoms with van der Waals surface area (Å²) in [5.74, 6) is 0.864. The Morgan fingerprint density at radius 3 is 2.49 bits per heavy atom. The van der Waals surface area contributed by atoms with Crippen LogP contribution in [0.25, 0.3) is 0 Å². The minimum Gasteiger partial charge on any atom is -0.497 e. The Morgan fingerprint density at radius 2 is 1.85 bits per heavy atom. The summed E-state index contributed by atoms with van der Waals surface area (Å²) in [7, 11) is 1.61. The highest BCUT2D eigenvalue weighted by Crippen LogP contribution is 2.32. The van der Waals surface area contributed by atoms with Gasteiger partial charge in [-0.25, -0.2) is 4.98 Å². The Hall–Kier alpha value is -4.48. The maximum Gasteiger partial charge on any atom is 0.287 e. The smallest absolute Gasteiger partial charge is 0.287 e. The van der Waals surface area contributed by atoms with E-state index in [-0.39, 0.29) is 43.0 Å². The standard InChI is InChI=1S/C28H30N4O7/c1-37-24-9-6-21(7-10-24)22-14-25(39-27(15-22)38-18-20-4-2-19(17-33)3-5-20)28(34)30-13-12-29-26-11-8-23(16-31-26)32(35)36/h2-11,14,16,22,27,33H,12-13,15,17-18H2,1H3,(H,29,31)(H,30,34)/t22-,27+/m1/s1. The molecule has 0 radical (unpaired) electrons. The van der Waals surface area contributed by atoms with Gasteiger partial charge in [0.05, 0.1) is 25.2 Å². The number of rotatable bonds is 12. The third-order valence-corrected chi connectivity index (χ3v) is 6.14. The van der Waals surface area contributed by atoms with Crippen LogP contribution in [0.5, 0.6) is 5.75 Å². The second kappa shape index (κ2) is 13.4. The first-order valence-electron chi connectivity index (χ1n) is 12.4. The van der Waals surface area contributed by atoms with E-state index in [4.69, 9.17) is 14.2 Å². The number of methoxy groups -OCH3 is 1. The van der Waals surface area contributed by atoms with Crippen LogP contribution in [-0.4, -0.2) is 47.4 Å². The minimum absolute atomic E-state index is 0.0282. The molecule has 0 bridgehead atoms. The third kappa shape index (κ3) is 7.76. The zero-order valence-corrected chi connectivity index (χ0v) is 21.4. The fourth-order valence-corrected chi connectivity index (χ4v) is 3.98. The Balaban J connectivity index is 1.37.